The van der Waals surface area contributed by atoms with Gasteiger partial charge in [0.25, 0.3) is 5.91 Å². The van der Waals surface area contributed by atoms with E-state index in [1.807, 2.05) is 12.3 Å². The topological polar surface area (TPSA) is 69.7 Å². The van der Waals surface area contributed by atoms with E-state index in [2.05, 4.69) is 10.3 Å². The Hall–Kier alpha value is -2.77. The van der Waals surface area contributed by atoms with Crippen LogP contribution in [-0.4, -0.2) is 25.1 Å². The van der Waals surface area contributed by atoms with Crippen molar-refractivity contribution in [1.82, 2.24) is 4.98 Å². The maximum absolute atomic E-state index is 12.5. The summed E-state index contributed by atoms with van der Waals surface area (Å²) < 4.78 is 16.1. The molecule has 1 aromatic heterocycles. The van der Waals surface area contributed by atoms with Gasteiger partial charge in [0.2, 0.25) is 0 Å². The molecule has 0 aliphatic carbocycles. The first-order valence-corrected chi connectivity index (χ1v) is 9.62. The highest BCUT2D eigenvalue weighted by Crippen LogP contribution is 2.36. The van der Waals surface area contributed by atoms with Crippen LogP contribution in [0.5, 0.6) is 17.2 Å². The van der Waals surface area contributed by atoms with Gasteiger partial charge >= 0.3 is 0 Å². The predicted molar refractivity (Wildman–Crippen MR) is 110 cm³/mol. The lowest BCUT2D eigenvalue weighted by atomic mass is 10.2. The molecule has 0 saturated heterocycles. The number of benzene rings is 2. The maximum Gasteiger partial charge on any atom is 0.255 e. The molecule has 3 rings (SSSR count). The number of amides is 1. The molecule has 0 saturated carbocycles. The average Bonchev–Trinajstić information content (AvgIpc) is 3.13. The van der Waals surface area contributed by atoms with Gasteiger partial charge in [0, 0.05) is 23.1 Å². The summed E-state index contributed by atoms with van der Waals surface area (Å²) in [5.74, 6) is 1.33. The smallest absolute Gasteiger partial charge is 0.255 e. The molecule has 1 amide bonds. The second-order valence-electron chi connectivity index (χ2n) is 5.81. The largest absolute Gasteiger partial charge is 0.493 e. The van der Waals surface area contributed by atoms with Gasteiger partial charge in [0.1, 0.15) is 12.4 Å². The zero-order chi connectivity index (χ0) is 20.1. The molecule has 0 unspecified atom stereocenters. The van der Waals surface area contributed by atoms with E-state index in [0.29, 0.717) is 40.1 Å². The third kappa shape index (κ3) is 4.74. The van der Waals surface area contributed by atoms with E-state index in [1.54, 1.807) is 47.7 Å². The van der Waals surface area contributed by atoms with Crippen molar-refractivity contribution in [3.05, 3.63) is 63.1 Å². The number of nitrogens with one attached hydrogen (secondary N) is 1. The minimum Gasteiger partial charge on any atom is -0.493 e. The van der Waals surface area contributed by atoms with E-state index in [0.717, 1.165) is 10.7 Å². The Balaban J connectivity index is 1.66. The number of thiazole rings is 1. The van der Waals surface area contributed by atoms with E-state index in [-0.39, 0.29) is 5.91 Å². The Bertz CT molecular complexity index is 973. The highest BCUT2D eigenvalue weighted by molar-refractivity contribution is 7.09. The SMILES string of the molecule is COc1cc(Cl)c(NC(=O)c2ccc(OCc3csc(C)n3)cc2)cc1OC. The van der Waals surface area contributed by atoms with Crippen LogP contribution in [0.15, 0.2) is 41.8 Å². The van der Waals surface area contributed by atoms with Crippen molar-refractivity contribution in [2.75, 3.05) is 19.5 Å². The second kappa shape index (κ2) is 8.95. The summed E-state index contributed by atoms with van der Waals surface area (Å²) in [5.41, 5.74) is 1.79. The Labute approximate surface area is 172 Å². The Morgan fingerprint density at radius 3 is 2.43 bits per heavy atom. The minimum atomic E-state index is -0.296. The normalized spacial score (nSPS) is 10.4. The Morgan fingerprint density at radius 2 is 1.82 bits per heavy atom. The van der Waals surface area contributed by atoms with Crippen LogP contribution in [0.4, 0.5) is 5.69 Å². The van der Waals surface area contributed by atoms with Crippen LogP contribution in [0.25, 0.3) is 0 Å². The number of halogens is 1. The second-order valence-corrected chi connectivity index (χ2v) is 7.28. The number of nitrogens with zero attached hydrogens (tertiary/aromatic N) is 1. The highest BCUT2D eigenvalue weighted by Gasteiger charge is 2.13. The van der Waals surface area contributed by atoms with Gasteiger partial charge in [-0.05, 0) is 31.2 Å². The molecule has 0 atom stereocenters. The molecule has 0 fully saturated rings. The molecule has 0 aliphatic rings. The van der Waals surface area contributed by atoms with E-state index in [4.69, 9.17) is 25.8 Å². The Morgan fingerprint density at radius 1 is 1.14 bits per heavy atom. The van der Waals surface area contributed by atoms with Gasteiger partial charge < -0.3 is 19.5 Å². The van der Waals surface area contributed by atoms with Crippen molar-refractivity contribution in [2.45, 2.75) is 13.5 Å². The van der Waals surface area contributed by atoms with E-state index in [9.17, 15) is 4.79 Å². The van der Waals surface area contributed by atoms with E-state index < -0.39 is 0 Å². The van der Waals surface area contributed by atoms with Crippen LogP contribution >= 0.6 is 22.9 Å². The summed E-state index contributed by atoms with van der Waals surface area (Å²) in [6.45, 7) is 2.34. The van der Waals surface area contributed by atoms with Crippen LogP contribution in [0.2, 0.25) is 5.02 Å². The van der Waals surface area contributed by atoms with Gasteiger partial charge in [-0.2, -0.15) is 0 Å². The summed E-state index contributed by atoms with van der Waals surface area (Å²) in [6.07, 6.45) is 0. The first-order chi connectivity index (χ1) is 13.5. The third-order valence-electron chi connectivity index (χ3n) is 3.89. The monoisotopic (exact) mass is 418 g/mol. The molecule has 0 radical (unpaired) electrons. The average molecular weight is 419 g/mol. The molecule has 8 heteroatoms. The first-order valence-electron chi connectivity index (χ1n) is 8.37. The summed E-state index contributed by atoms with van der Waals surface area (Å²) in [5, 5.41) is 6.09. The van der Waals surface area contributed by atoms with Crippen LogP contribution in [0.3, 0.4) is 0 Å². The van der Waals surface area contributed by atoms with Crippen LogP contribution in [-0.2, 0) is 6.61 Å². The molecule has 1 heterocycles. The van der Waals surface area contributed by atoms with Gasteiger partial charge in [-0.15, -0.1) is 11.3 Å². The highest BCUT2D eigenvalue weighted by atomic mass is 35.5. The van der Waals surface area contributed by atoms with Crippen molar-refractivity contribution >= 4 is 34.5 Å². The zero-order valence-corrected chi connectivity index (χ0v) is 17.2. The molecule has 6 nitrogen and oxygen atoms in total. The van der Waals surface area contributed by atoms with Crippen LogP contribution < -0.4 is 19.5 Å². The first kappa shape index (κ1) is 20.0. The van der Waals surface area contributed by atoms with Gasteiger partial charge in [-0.25, -0.2) is 4.98 Å². The third-order valence-corrected chi connectivity index (χ3v) is 5.03. The van der Waals surface area contributed by atoms with Crippen molar-refractivity contribution in [2.24, 2.45) is 0 Å². The lowest BCUT2D eigenvalue weighted by Crippen LogP contribution is -2.12. The fourth-order valence-electron chi connectivity index (χ4n) is 2.48. The molecule has 1 N–H and O–H groups in total. The van der Waals surface area contributed by atoms with Crippen molar-refractivity contribution in [3.8, 4) is 17.2 Å². The fraction of sp³-hybridized carbons (Fsp3) is 0.200. The molecule has 0 bridgehead atoms. The standard InChI is InChI=1S/C20H19ClN2O4S/c1-12-22-14(11-28-12)10-27-15-6-4-13(5-7-15)20(24)23-17-9-19(26-3)18(25-2)8-16(17)21/h4-9,11H,10H2,1-3H3,(H,23,24). The summed E-state index contributed by atoms with van der Waals surface area (Å²) in [7, 11) is 3.04. The predicted octanol–water partition coefficient (Wildman–Crippen LogP) is 4.95. The quantitative estimate of drug-likeness (QED) is 0.587. The van der Waals surface area contributed by atoms with E-state index in [1.165, 1.54) is 14.2 Å². The summed E-state index contributed by atoms with van der Waals surface area (Å²) in [4.78, 5) is 16.9. The molecule has 2 aromatic carbocycles. The molecule has 28 heavy (non-hydrogen) atoms. The number of anilines is 1. The number of carbonyl (C=O) groups excluding carboxylic acids is 1. The molecule has 0 spiro atoms. The maximum atomic E-state index is 12.5. The van der Waals surface area contributed by atoms with Gasteiger partial charge in [0.05, 0.1) is 35.6 Å². The van der Waals surface area contributed by atoms with Crippen molar-refractivity contribution in [3.63, 3.8) is 0 Å². The molecular formula is C20H19ClN2O4S. The lowest BCUT2D eigenvalue weighted by molar-refractivity contribution is 0.102. The Kier molecular flexibility index (Phi) is 6.38. The molecule has 146 valence electrons. The van der Waals surface area contributed by atoms with Crippen molar-refractivity contribution in [1.29, 1.82) is 0 Å². The van der Waals surface area contributed by atoms with Crippen LogP contribution in [0, 0.1) is 6.92 Å². The number of hydrogen-bond donors (Lipinski definition) is 1. The van der Waals surface area contributed by atoms with Gasteiger partial charge in [-0.1, -0.05) is 11.6 Å². The van der Waals surface area contributed by atoms with Gasteiger partial charge in [-0.3, -0.25) is 4.79 Å². The fourth-order valence-corrected chi connectivity index (χ4v) is 3.28. The number of aromatic nitrogens is 1. The minimum absolute atomic E-state index is 0.296. The number of ether oxygens (including phenoxy) is 3. The van der Waals surface area contributed by atoms with Crippen molar-refractivity contribution < 1.29 is 19.0 Å². The van der Waals surface area contributed by atoms with Crippen LogP contribution in [0.1, 0.15) is 21.1 Å². The number of methoxy groups -OCH3 is 2. The van der Waals surface area contributed by atoms with Gasteiger partial charge in [0.15, 0.2) is 11.5 Å². The molecule has 0 aliphatic heterocycles. The molecule has 3 aromatic rings. The number of hydrogen-bond acceptors (Lipinski definition) is 6. The van der Waals surface area contributed by atoms with E-state index >= 15 is 0 Å². The summed E-state index contributed by atoms with van der Waals surface area (Å²) >= 11 is 7.80. The molecular weight excluding hydrogens is 400 g/mol. The number of carbonyl (C=O) groups is 1. The number of aryl methyl sites for hydroxylation is 1. The number of rotatable bonds is 7. The summed E-state index contributed by atoms with van der Waals surface area (Å²) in [6, 6.07) is 10.1. The lowest BCUT2D eigenvalue weighted by Gasteiger charge is -2.13. The zero-order valence-electron chi connectivity index (χ0n) is 15.6.